The molecule has 0 aromatic heterocycles. The Morgan fingerprint density at radius 3 is 2.23 bits per heavy atom. The molecule has 2 nitrogen and oxygen atoms in total. The maximum absolute atomic E-state index is 10.3. The van der Waals surface area contributed by atoms with Gasteiger partial charge in [0.25, 0.3) is 0 Å². The molecule has 0 aromatic rings. The van der Waals surface area contributed by atoms with Crippen molar-refractivity contribution in [3.63, 3.8) is 0 Å². The van der Waals surface area contributed by atoms with Crippen molar-refractivity contribution in [3.8, 4) is 0 Å². The Labute approximate surface area is 81.5 Å². The minimum atomic E-state index is -0.233. The van der Waals surface area contributed by atoms with Gasteiger partial charge in [-0.1, -0.05) is 27.2 Å². The van der Waals surface area contributed by atoms with E-state index in [2.05, 4.69) is 20.8 Å². The van der Waals surface area contributed by atoms with Gasteiger partial charge in [0.05, 0.1) is 6.10 Å². The summed E-state index contributed by atoms with van der Waals surface area (Å²) in [4.78, 5) is 0. The molecule has 0 aromatic carbocycles. The highest BCUT2D eigenvalue weighted by atomic mass is 16.3. The summed E-state index contributed by atoms with van der Waals surface area (Å²) < 4.78 is 0. The van der Waals surface area contributed by atoms with E-state index in [4.69, 9.17) is 5.73 Å². The first-order valence-electron chi connectivity index (χ1n) is 5.37. The molecule has 13 heavy (non-hydrogen) atoms. The van der Waals surface area contributed by atoms with Crippen LogP contribution in [0.5, 0.6) is 0 Å². The lowest BCUT2D eigenvalue weighted by Gasteiger charge is -2.50. The Kier molecular flexibility index (Phi) is 3.03. The fraction of sp³-hybridized carbons (Fsp3) is 1.00. The number of rotatable bonds is 4. The van der Waals surface area contributed by atoms with Gasteiger partial charge in [0.15, 0.2) is 0 Å². The zero-order valence-corrected chi connectivity index (χ0v) is 9.14. The second-order valence-corrected chi connectivity index (χ2v) is 5.16. The van der Waals surface area contributed by atoms with E-state index in [9.17, 15) is 5.11 Å². The van der Waals surface area contributed by atoms with Crippen molar-refractivity contribution in [3.05, 3.63) is 0 Å². The van der Waals surface area contributed by atoms with E-state index in [0.717, 1.165) is 6.42 Å². The van der Waals surface area contributed by atoms with Gasteiger partial charge in [-0.3, -0.25) is 0 Å². The standard InChI is InChI=1S/C11H23NO/c1-4-11(6-5-7-11)9(13)10(2,3)8-12/h9,13H,4-8,12H2,1-3H3. The Morgan fingerprint density at radius 2 is 2.00 bits per heavy atom. The molecule has 1 unspecified atom stereocenters. The summed E-state index contributed by atoms with van der Waals surface area (Å²) in [6, 6.07) is 0. The molecule has 0 amide bonds. The Morgan fingerprint density at radius 1 is 1.46 bits per heavy atom. The summed E-state index contributed by atoms with van der Waals surface area (Å²) in [6.07, 6.45) is 4.47. The topological polar surface area (TPSA) is 46.2 Å². The monoisotopic (exact) mass is 185 g/mol. The molecule has 2 heteroatoms. The number of hydrogen-bond donors (Lipinski definition) is 2. The van der Waals surface area contributed by atoms with Crippen molar-refractivity contribution in [1.82, 2.24) is 0 Å². The van der Waals surface area contributed by atoms with Gasteiger partial charge in [0.1, 0.15) is 0 Å². The fourth-order valence-corrected chi connectivity index (χ4v) is 2.39. The van der Waals surface area contributed by atoms with Crippen LogP contribution in [0, 0.1) is 10.8 Å². The minimum Gasteiger partial charge on any atom is -0.392 e. The van der Waals surface area contributed by atoms with Crippen molar-refractivity contribution in [2.45, 2.75) is 52.6 Å². The van der Waals surface area contributed by atoms with Crippen LogP contribution in [-0.4, -0.2) is 17.8 Å². The van der Waals surface area contributed by atoms with Crippen LogP contribution in [0.3, 0.4) is 0 Å². The van der Waals surface area contributed by atoms with Gasteiger partial charge < -0.3 is 10.8 Å². The van der Waals surface area contributed by atoms with Crippen molar-refractivity contribution < 1.29 is 5.11 Å². The molecule has 0 heterocycles. The molecule has 0 bridgehead atoms. The highest BCUT2D eigenvalue weighted by Crippen LogP contribution is 2.50. The van der Waals surface area contributed by atoms with Gasteiger partial charge in [0.2, 0.25) is 0 Å². The van der Waals surface area contributed by atoms with Gasteiger partial charge in [-0.2, -0.15) is 0 Å². The van der Waals surface area contributed by atoms with E-state index in [-0.39, 0.29) is 16.9 Å². The third kappa shape index (κ3) is 1.75. The first-order valence-corrected chi connectivity index (χ1v) is 5.37. The van der Waals surface area contributed by atoms with Crippen LogP contribution in [0.15, 0.2) is 0 Å². The van der Waals surface area contributed by atoms with Gasteiger partial charge in [-0.25, -0.2) is 0 Å². The average molecular weight is 185 g/mol. The third-order valence-electron chi connectivity index (χ3n) is 3.90. The molecule has 1 atom stereocenters. The molecule has 1 saturated carbocycles. The quantitative estimate of drug-likeness (QED) is 0.703. The lowest BCUT2D eigenvalue weighted by Crippen LogP contribution is -2.51. The fourth-order valence-electron chi connectivity index (χ4n) is 2.39. The van der Waals surface area contributed by atoms with Crippen molar-refractivity contribution in [1.29, 1.82) is 0 Å². The molecule has 3 N–H and O–H groups in total. The minimum absolute atomic E-state index is 0.129. The van der Waals surface area contributed by atoms with E-state index < -0.39 is 0 Å². The Bertz CT molecular complexity index is 167. The number of aliphatic hydroxyl groups excluding tert-OH is 1. The highest BCUT2D eigenvalue weighted by molar-refractivity contribution is 4.98. The zero-order chi connectivity index (χ0) is 10.1. The summed E-state index contributed by atoms with van der Waals surface area (Å²) >= 11 is 0. The summed E-state index contributed by atoms with van der Waals surface area (Å²) in [5.74, 6) is 0. The van der Waals surface area contributed by atoms with Crippen molar-refractivity contribution in [2.24, 2.45) is 16.6 Å². The van der Waals surface area contributed by atoms with Gasteiger partial charge in [0, 0.05) is 5.41 Å². The summed E-state index contributed by atoms with van der Waals surface area (Å²) in [5, 5.41) is 10.3. The first kappa shape index (κ1) is 11.0. The van der Waals surface area contributed by atoms with E-state index >= 15 is 0 Å². The lowest BCUT2D eigenvalue weighted by atomic mass is 9.58. The van der Waals surface area contributed by atoms with Crippen LogP contribution in [0.25, 0.3) is 0 Å². The molecule has 1 aliphatic carbocycles. The smallest absolute Gasteiger partial charge is 0.0659 e. The van der Waals surface area contributed by atoms with E-state index in [1.807, 2.05) is 0 Å². The summed E-state index contributed by atoms with van der Waals surface area (Å²) in [6.45, 7) is 6.87. The van der Waals surface area contributed by atoms with Gasteiger partial charge in [-0.05, 0) is 31.2 Å². The van der Waals surface area contributed by atoms with E-state index in [1.54, 1.807) is 0 Å². The van der Waals surface area contributed by atoms with Crippen LogP contribution in [-0.2, 0) is 0 Å². The molecule has 78 valence electrons. The normalized spacial score (nSPS) is 23.8. The molecule has 0 aliphatic heterocycles. The lowest BCUT2D eigenvalue weighted by molar-refractivity contribution is -0.0984. The molecule has 1 fully saturated rings. The second-order valence-electron chi connectivity index (χ2n) is 5.16. The van der Waals surface area contributed by atoms with Crippen LogP contribution < -0.4 is 5.73 Å². The molecule has 0 radical (unpaired) electrons. The zero-order valence-electron chi connectivity index (χ0n) is 9.14. The van der Waals surface area contributed by atoms with E-state index in [1.165, 1.54) is 19.3 Å². The van der Waals surface area contributed by atoms with Gasteiger partial charge >= 0.3 is 0 Å². The third-order valence-corrected chi connectivity index (χ3v) is 3.90. The Balaban J connectivity index is 2.69. The molecule has 1 rings (SSSR count). The number of aliphatic hydroxyl groups is 1. The van der Waals surface area contributed by atoms with Crippen LogP contribution >= 0.6 is 0 Å². The average Bonchev–Trinajstić information content (AvgIpc) is 2.03. The number of hydrogen-bond acceptors (Lipinski definition) is 2. The maximum Gasteiger partial charge on any atom is 0.0659 e. The predicted molar refractivity (Wildman–Crippen MR) is 55.4 cm³/mol. The molecular formula is C11H23NO. The predicted octanol–water partition coefficient (Wildman–Crippen LogP) is 1.91. The molecule has 1 aliphatic rings. The van der Waals surface area contributed by atoms with Crippen LogP contribution in [0.1, 0.15) is 46.5 Å². The summed E-state index contributed by atoms with van der Waals surface area (Å²) in [5.41, 5.74) is 5.73. The van der Waals surface area contributed by atoms with Crippen molar-refractivity contribution in [2.75, 3.05) is 6.54 Å². The highest BCUT2D eigenvalue weighted by Gasteiger charge is 2.47. The summed E-state index contributed by atoms with van der Waals surface area (Å²) in [7, 11) is 0. The number of nitrogens with two attached hydrogens (primary N) is 1. The largest absolute Gasteiger partial charge is 0.392 e. The maximum atomic E-state index is 10.3. The SMILES string of the molecule is CCC1(C(O)C(C)(C)CN)CCC1. The van der Waals surface area contributed by atoms with Crippen LogP contribution in [0.4, 0.5) is 0 Å². The first-order chi connectivity index (χ1) is 5.98. The van der Waals surface area contributed by atoms with Crippen molar-refractivity contribution >= 4 is 0 Å². The molecular weight excluding hydrogens is 162 g/mol. The van der Waals surface area contributed by atoms with E-state index in [0.29, 0.717) is 6.54 Å². The van der Waals surface area contributed by atoms with Gasteiger partial charge in [-0.15, -0.1) is 0 Å². The Hall–Kier alpha value is -0.0800. The molecule has 0 saturated heterocycles. The second kappa shape index (κ2) is 3.58. The van der Waals surface area contributed by atoms with Crippen LogP contribution in [0.2, 0.25) is 0 Å². The molecule has 0 spiro atoms.